The maximum Gasteiger partial charge on any atom is 0.0312 e. The number of pyridine rings is 1. The minimum Gasteiger partial charge on any atom is -0.313 e. The summed E-state index contributed by atoms with van der Waals surface area (Å²) in [6, 6.07) is 14.7. The van der Waals surface area contributed by atoms with Gasteiger partial charge in [0.15, 0.2) is 0 Å². The SMILES string of the molecule is c1ccc(CCCNCc2cccnc2)cc1. The van der Waals surface area contributed by atoms with Crippen LogP contribution in [0.3, 0.4) is 0 Å². The maximum atomic E-state index is 4.09. The molecule has 0 saturated carbocycles. The summed E-state index contributed by atoms with van der Waals surface area (Å²) in [5.41, 5.74) is 2.66. The van der Waals surface area contributed by atoms with Gasteiger partial charge in [-0.05, 0) is 36.6 Å². The molecule has 0 spiro atoms. The minimum atomic E-state index is 0.905. The Bertz CT molecular complexity index is 370. The van der Waals surface area contributed by atoms with E-state index in [9.17, 15) is 0 Å². The van der Waals surface area contributed by atoms with Crippen LogP contribution < -0.4 is 5.32 Å². The van der Waals surface area contributed by atoms with E-state index in [2.05, 4.69) is 46.7 Å². The number of hydrogen-bond acceptors (Lipinski definition) is 2. The van der Waals surface area contributed by atoms with Gasteiger partial charge in [0.25, 0.3) is 0 Å². The predicted molar refractivity (Wildman–Crippen MR) is 70.7 cm³/mol. The molecule has 1 aromatic carbocycles. The van der Waals surface area contributed by atoms with E-state index in [0.717, 1.165) is 19.5 Å². The quantitative estimate of drug-likeness (QED) is 0.766. The van der Waals surface area contributed by atoms with E-state index >= 15 is 0 Å². The van der Waals surface area contributed by atoms with E-state index in [4.69, 9.17) is 0 Å². The molecular weight excluding hydrogens is 208 g/mol. The lowest BCUT2D eigenvalue weighted by Crippen LogP contribution is -2.15. The standard InChI is InChI=1S/C15H18N2/c1-2-6-14(7-3-1)8-4-10-16-12-15-9-5-11-17-13-15/h1-3,5-7,9,11,13,16H,4,8,10,12H2. The highest BCUT2D eigenvalue weighted by Crippen LogP contribution is 2.01. The molecule has 0 bridgehead atoms. The molecule has 0 aliphatic carbocycles. The highest BCUT2D eigenvalue weighted by atomic mass is 14.8. The number of nitrogens with one attached hydrogen (secondary N) is 1. The summed E-state index contributed by atoms with van der Waals surface area (Å²) >= 11 is 0. The van der Waals surface area contributed by atoms with Crippen LogP contribution in [0, 0.1) is 0 Å². The van der Waals surface area contributed by atoms with E-state index in [1.165, 1.54) is 17.5 Å². The van der Waals surface area contributed by atoms with Crippen molar-refractivity contribution in [2.75, 3.05) is 6.54 Å². The van der Waals surface area contributed by atoms with Gasteiger partial charge in [0.05, 0.1) is 0 Å². The number of aromatic nitrogens is 1. The molecule has 0 saturated heterocycles. The average molecular weight is 226 g/mol. The van der Waals surface area contributed by atoms with Crippen LogP contribution in [0.2, 0.25) is 0 Å². The molecule has 0 fully saturated rings. The number of nitrogens with zero attached hydrogens (tertiary/aromatic N) is 1. The first-order valence-electron chi connectivity index (χ1n) is 6.09. The molecule has 88 valence electrons. The van der Waals surface area contributed by atoms with Gasteiger partial charge in [-0.25, -0.2) is 0 Å². The van der Waals surface area contributed by atoms with Gasteiger partial charge >= 0.3 is 0 Å². The van der Waals surface area contributed by atoms with Crippen LogP contribution in [0.25, 0.3) is 0 Å². The van der Waals surface area contributed by atoms with Crippen molar-refractivity contribution in [1.29, 1.82) is 0 Å². The van der Waals surface area contributed by atoms with Gasteiger partial charge in [-0.3, -0.25) is 4.98 Å². The summed E-state index contributed by atoms with van der Waals surface area (Å²) in [4.78, 5) is 4.09. The van der Waals surface area contributed by atoms with Crippen molar-refractivity contribution >= 4 is 0 Å². The molecule has 0 aliphatic heterocycles. The van der Waals surface area contributed by atoms with Crippen LogP contribution in [0.5, 0.6) is 0 Å². The van der Waals surface area contributed by atoms with Crippen LogP contribution in [-0.4, -0.2) is 11.5 Å². The lowest BCUT2D eigenvalue weighted by molar-refractivity contribution is 0.648. The molecule has 1 aromatic heterocycles. The maximum absolute atomic E-state index is 4.09. The molecule has 2 nitrogen and oxygen atoms in total. The molecule has 1 N–H and O–H groups in total. The van der Waals surface area contributed by atoms with Crippen LogP contribution in [-0.2, 0) is 13.0 Å². The molecule has 0 radical (unpaired) electrons. The first-order valence-corrected chi connectivity index (χ1v) is 6.09. The summed E-state index contributed by atoms with van der Waals surface area (Å²) in [6.07, 6.45) is 6.02. The molecule has 0 unspecified atom stereocenters. The lowest BCUT2D eigenvalue weighted by Gasteiger charge is -2.04. The van der Waals surface area contributed by atoms with Crippen LogP contribution >= 0.6 is 0 Å². The zero-order valence-electron chi connectivity index (χ0n) is 9.97. The molecule has 1 heterocycles. The molecule has 2 heteroatoms. The fraction of sp³-hybridized carbons (Fsp3) is 0.267. The Morgan fingerprint density at radius 3 is 2.53 bits per heavy atom. The summed E-state index contributed by atoms with van der Waals surface area (Å²) in [6.45, 7) is 1.95. The van der Waals surface area contributed by atoms with E-state index in [-0.39, 0.29) is 0 Å². The first-order chi connectivity index (χ1) is 8.45. The topological polar surface area (TPSA) is 24.9 Å². The average Bonchev–Trinajstić information content (AvgIpc) is 2.41. The van der Waals surface area contributed by atoms with Crippen molar-refractivity contribution < 1.29 is 0 Å². The Hall–Kier alpha value is -1.67. The molecule has 0 aliphatic rings. The zero-order valence-corrected chi connectivity index (χ0v) is 9.97. The number of hydrogen-bond donors (Lipinski definition) is 1. The second-order valence-corrected chi connectivity index (χ2v) is 4.13. The van der Waals surface area contributed by atoms with Gasteiger partial charge in [0, 0.05) is 18.9 Å². The van der Waals surface area contributed by atoms with E-state index in [1.54, 1.807) is 6.20 Å². The predicted octanol–water partition coefficient (Wildman–Crippen LogP) is 2.80. The van der Waals surface area contributed by atoms with Gasteiger partial charge in [-0.1, -0.05) is 36.4 Å². The smallest absolute Gasteiger partial charge is 0.0312 e. The summed E-state index contributed by atoms with van der Waals surface area (Å²) < 4.78 is 0. The van der Waals surface area contributed by atoms with Crippen LogP contribution in [0.1, 0.15) is 17.5 Å². The second-order valence-electron chi connectivity index (χ2n) is 4.13. The second kappa shape index (κ2) is 6.81. The van der Waals surface area contributed by atoms with Gasteiger partial charge in [-0.2, -0.15) is 0 Å². The van der Waals surface area contributed by atoms with Crippen LogP contribution in [0.4, 0.5) is 0 Å². The number of rotatable bonds is 6. The lowest BCUT2D eigenvalue weighted by atomic mass is 10.1. The third-order valence-corrected chi connectivity index (χ3v) is 2.71. The Morgan fingerprint density at radius 1 is 0.941 bits per heavy atom. The zero-order chi connectivity index (χ0) is 11.8. The van der Waals surface area contributed by atoms with E-state index < -0.39 is 0 Å². The molecule has 2 rings (SSSR count). The highest BCUT2D eigenvalue weighted by Gasteiger charge is 1.93. The number of aryl methyl sites for hydroxylation is 1. The summed E-state index contributed by atoms with van der Waals surface area (Å²) in [5.74, 6) is 0. The number of benzene rings is 1. The van der Waals surface area contributed by atoms with Crippen molar-refractivity contribution in [3.8, 4) is 0 Å². The minimum absolute atomic E-state index is 0.905. The van der Waals surface area contributed by atoms with E-state index in [1.807, 2.05) is 12.3 Å². The Kier molecular flexibility index (Phi) is 4.73. The third kappa shape index (κ3) is 4.37. The van der Waals surface area contributed by atoms with Crippen molar-refractivity contribution in [3.05, 3.63) is 66.0 Å². The molecule has 0 atom stereocenters. The molecule has 17 heavy (non-hydrogen) atoms. The normalized spacial score (nSPS) is 10.4. The molecule has 2 aromatic rings. The van der Waals surface area contributed by atoms with Gasteiger partial charge in [-0.15, -0.1) is 0 Å². The van der Waals surface area contributed by atoms with Crippen molar-refractivity contribution in [2.24, 2.45) is 0 Å². The van der Waals surface area contributed by atoms with Gasteiger partial charge in [0.2, 0.25) is 0 Å². The first kappa shape index (κ1) is 11.8. The fourth-order valence-electron chi connectivity index (χ4n) is 1.80. The summed E-state index contributed by atoms with van der Waals surface area (Å²) in [5, 5.41) is 3.43. The van der Waals surface area contributed by atoms with Crippen LogP contribution in [0.15, 0.2) is 54.9 Å². The molecule has 0 amide bonds. The third-order valence-electron chi connectivity index (χ3n) is 2.71. The van der Waals surface area contributed by atoms with E-state index in [0.29, 0.717) is 0 Å². The van der Waals surface area contributed by atoms with Gasteiger partial charge in [0.1, 0.15) is 0 Å². The van der Waals surface area contributed by atoms with Crippen molar-refractivity contribution in [1.82, 2.24) is 10.3 Å². The monoisotopic (exact) mass is 226 g/mol. The summed E-state index contributed by atoms with van der Waals surface area (Å²) in [7, 11) is 0. The highest BCUT2D eigenvalue weighted by molar-refractivity contribution is 5.14. The Morgan fingerprint density at radius 2 is 1.76 bits per heavy atom. The Balaban J connectivity index is 1.61. The van der Waals surface area contributed by atoms with Gasteiger partial charge < -0.3 is 5.32 Å². The van der Waals surface area contributed by atoms with Crippen molar-refractivity contribution in [3.63, 3.8) is 0 Å². The fourth-order valence-corrected chi connectivity index (χ4v) is 1.80. The van der Waals surface area contributed by atoms with Crippen molar-refractivity contribution in [2.45, 2.75) is 19.4 Å². The Labute approximate surface area is 103 Å². The largest absolute Gasteiger partial charge is 0.313 e. The molecular formula is C15H18N2.